The molecule has 0 radical (unpaired) electrons. The molecule has 76 valence electrons. The highest BCUT2D eigenvalue weighted by Crippen LogP contribution is 2.10. The summed E-state index contributed by atoms with van der Waals surface area (Å²) in [5.74, 6) is -0.846. The van der Waals surface area contributed by atoms with Crippen LogP contribution in [0.4, 0.5) is 4.39 Å². The fourth-order valence-electron chi connectivity index (χ4n) is 0.998. The Labute approximate surface area is 82.7 Å². The van der Waals surface area contributed by atoms with E-state index < -0.39 is 5.97 Å². The second-order valence-corrected chi connectivity index (χ2v) is 3.10. The van der Waals surface area contributed by atoms with Gasteiger partial charge in [0.15, 0.2) is 0 Å². The minimum atomic E-state index is -0.467. The predicted octanol–water partition coefficient (Wildman–Crippen LogP) is 2.70. The van der Waals surface area contributed by atoms with Gasteiger partial charge in [-0.05, 0) is 31.0 Å². The molecule has 0 spiro atoms. The topological polar surface area (TPSA) is 26.3 Å². The summed E-state index contributed by atoms with van der Waals surface area (Å²) in [7, 11) is 0. The molecule has 3 heteroatoms. The Hall–Kier alpha value is -1.38. The van der Waals surface area contributed by atoms with Gasteiger partial charge in [-0.2, -0.15) is 0 Å². The first-order chi connectivity index (χ1) is 6.65. The van der Waals surface area contributed by atoms with Crippen molar-refractivity contribution in [2.45, 2.75) is 20.3 Å². The highest BCUT2D eigenvalue weighted by atomic mass is 19.1. The van der Waals surface area contributed by atoms with Crippen molar-refractivity contribution in [2.24, 2.45) is 0 Å². The highest BCUT2D eigenvalue weighted by Gasteiger charge is 2.08. The fourth-order valence-corrected chi connectivity index (χ4v) is 0.998. The number of aryl methyl sites for hydroxylation is 1. The first-order valence-corrected chi connectivity index (χ1v) is 4.58. The van der Waals surface area contributed by atoms with Crippen molar-refractivity contribution >= 4 is 5.97 Å². The van der Waals surface area contributed by atoms with Crippen LogP contribution in [0.3, 0.4) is 0 Å². The van der Waals surface area contributed by atoms with Gasteiger partial charge in [-0.1, -0.05) is 13.0 Å². The van der Waals surface area contributed by atoms with Crippen LogP contribution < -0.4 is 0 Å². The van der Waals surface area contributed by atoms with E-state index in [0.29, 0.717) is 12.2 Å². The van der Waals surface area contributed by atoms with E-state index in [9.17, 15) is 9.18 Å². The lowest BCUT2D eigenvalue weighted by molar-refractivity contribution is 0.0504. The molecule has 0 aliphatic heterocycles. The van der Waals surface area contributed by atoms with Crippen molar-refractivity contribution in [3.8, 4) is 0 Å². The van der Waals surface area contributed by atoms with Crippen LogP contribution in [0.2, 0.25) is 0 Å². The van der Waals surface area contributed by atoms with E-state index in [4.69, 9.17) is 4.74 Å². The number of hydrogen-bond acceptors (Lipinski definition) is 2. The number of halogens is 1. The lowest BCUT2D eigenvalue weighted by Crippen LogP contribution is -2.06. The molecule has 0 N–H and O–H groups in total. The SMILES string of the molecule is CCCOC(=O)c1ccc(C)c(F)c1. The molecule has 0 bridgehead atoms. The summed E-state index contributed by atoms with van der Waals surface area (Å²) in [6.45, 7) is 3.92. The molecular weight excluding hydrogens is 183 g/mol. The number of esters is 1. The maximum Gasteiger partial charge on any atom is 0.338 e. The van der Waals surface area contributed by atoms with Crippen LogP contribution in [0.15, 0.2) is 18.2 Å². The zero-order valence-electron chi connectivity index (χ0n) is 8.34. The normalized spacial score (nSPS) is 9.93. The number of hydrogen-bond donors (Lipinski definition) is 0. The van der Waals surface area contributed by atoms with Crippen LogP contribution in [0.5, 0.6) is 0 Å². The zero-order chi connectivity index (χ0) is 10.6. The van der Waals surface area contributed by atoms with Gasteiger partial charge in [0.25, 0.3) is 0 Å². The van der Waals surface area contributed by atoms with Gasteiger partial charge < -0.3 is 4.74 Å². The summed E-state index contributed by atoms with van der Waals surface area (Å²) in [6, 6.07) is 4.33. The molecule has 0 heterocycles. The maximum absolute atomic E-state index is 13.1. The third-order valence-electron chi connectivity index (χ3n) is 1.84. The smallest absolute Gasteiger partial charge is 0.338 e. The van der Waals surface area contributed by atoms with Gasteiger partial charge in [-0.25, -0.2) is 9.18 Å². The van der Waals surface area contributed by atoms with Crippen LogP contribution in [0.25, 0.3) is 0 Å². The Morgan fingerprint density at radius 2 is 2.21 bits per heavy atom. The summed E-state index contributed by atoms with van der Waals surface area (Å²) in [5, 5.41) is 0. The second-order valence-electron chi connectivity index (χ2n) is 3.10. The van der Waals surface area contributed by atoms with Gasteiger partial charge in [0.1, 0.15) is 5.82 Å². The van der Waals surface area contributed by atoms with Gasteiger partial charge in [0.05, 0.1) is 12.2 Å². The third kappa shape index (κ3) is 2.55. The molecule has 1 rings (SSSR count). The van der Waals surface area contributed by atoms with Gasteiger partial charge in [-0.15, -0.1) is 0 Å². The number of carbonyl (C=O) groups is 1. The first-order valence-electron chi connectivity index (χ1n) is 4.58. The van der Waals surface area contributed by atoms with E-state index in [1.54, 1.807) is 19.1 Å². The number of ether oxygens (including phenoxy) is 1. The minimum Gasteiger partial charge on any atom is -0.462 e. The lowest BCUT2D eigenvalue weighted by atomic mass is 10.1. The summed E-state index contributed by atoms with van der Waals surface area (Å²) in [4.78, 5) is 11.3. The Kier molecular flexibility index (Phi) is 3.63. The molecule has 0 amide bonds. The first kappa shape index (κ1) is 10.7. The van der Waals surface area contributed by atoms with E-state index in [1.807, 2.05) is 6.92 Å². The molecule has 0 saturated carbocycles. The molecule has 1 aromatic rings. The van der Waals surface area contributed by atoms with Gasteiger partial charge >= 0.3 is 5.97 Å². The molecule has 0 aromatic heterocycles. The van der Waals surface area contributed by atoms with Crippen molar-refractivity contribution in [1.82, 2.24) is 0 Å². The summed E-state index contributed by atoms with van der Waals surface area (Å²) < 4.78 is 17.9. The molecule has 1 aromatic carbocycles. The Balaban J connectivity index is 2.76. The van der Waals surface area contributed by atoms with Crippen molar-refractivity contribution in [3.63, 3.8) is 0 Å². The second kappa shape index (κ2) is 4.74. The third-order valence-corrected chi connectivity index (χ3v) is 1.84. The predicted molar refractivity (Wildman–Crippen MR) is 51.7 cm³/mol. The van der Waals surface area contributed by atoms with Crippen molar-refractivity contribution in [1.29, 1.82) is 0 Å². The van der Waals surface area contributed by atoms with Gasteiger partial charge in [0.2, 0.25) is 0 Å². The monoisotopic (exact) mass is 196 g/mol. The van der Waals surface area contributed by atoms with Crippen LogP contribution in [-0.2, 0) is 4.74 Å². The van der Waals surface area contributed by atoms with Crippen molar-refractivity contribution in [2.75, 3.05) is 6.61 Å². The Morgan fingerprint density at radius 1 is 1.50 bits per heavy atom. The summed E-state index contributed by atoms with van der Waals surface area (Å²) in [5.41, 5.74) is 0.790. The van der Waals surface area contributed by atoms with Crippen LogP contribution in [0.1, 0.15) is 29.3 Å². The molecule has 0 fully saturated rings. The van der Waals surface area contributed by atoms with Crippen molar-refractivity contribution < 1.29 is 13.9 Å². The van der Waals surface area contributed by atoms with Gasteiger partial charge in [0, 0.05) is 0 Å². The van der Waals surface area contributed by atoms with E-state index >= 15 is 0 Å². The molecule has 14 heavy (non-hydrogen) atoms. The zero-order valence-corrected chi connectivity index (χ0v) is 8.34. The summed E-state index contributed by atoms with van der Waals surface area (Å²) >= 11 is 0. The largest absolute Gasteiger partial charge is 0.462 e. The minimum absolute atomic E-state index is 0.265. The van der Waals surface area contributed by atoms with Crippen LogP contribution >= 0.6 is 0 Å². The van der Waals surface area contributed by atoms with E-state index in [-0.39, 0.29) is 11.4 Å². The quantitative estimate of drug-likeness (QED) is 0.695. The van der Waals surface area contributed by atoms with E-state index in [2.05, 4.69) is 0 Å². The average Bonchev–Trinajstić information content (AvgIpc) is 2.18. The summed E-state index contributed by atoms with van der Waals surface area (Å²) in [6.07, 6.45) is 0.764. The molecule has 0 unspecified atom stereocenters. The van der Waals surface area contributed by atoms with Crippen molar-refractivity contribution in [3.05, 3.63) is 35.1 Å². The van der Waals surface area contributed by atoms with Crippen LogP contribution in [-0.4, -0.2) is 12.6 Å². The average molecular weight is 196 g/mol. The molecule has 0 aliphatic carbocycles. The molecule has 0 saturated heterocycles. The molecule has 0 aliphatic rings. The number of rotatable bonds is 3. The highest BCUT2D eigenvalue weighted by molar-refractivity contribution is 5.89. The van der Waals surface area contributed by atoms with Crippen LogP contribution in [0, 0.1) is 12.7 Å². The van der Waals surface area contributed by atoms with E-state index in [0.717, 1.165) is 6.42 Å². The standard InChI is InChI=1S/C11H13FO2/c1-3-6-14-11(13)9-5-4-8(2)10(12)7-9/h4-5,7H,3,6H2,1-2H3. The molecular formula is C11H13FO2. The van der Waals surface area contributed by atoms with Gasteiger partial charge in [-0.3, -0.25) is 0 Å². The number of carbonyl (C=O) groups excluding carboxylic acids is 1. The maximum atomic E-state index is 13.1. The Bertz CT molecular complexity index is 334. The number of benzene rings is 1. The fraction of sp³-hybridized carbons (Fsp3) is 0.364. The van der Waals surface area contributed by atoms with E-state index in [1.165, 1.54) is 6.07 Å². The Morgan fingerprint density at radius 3 is 2.79 bits per heavy atom. The lowest BCUT2D eigenvalue weighted by Gasteiger charge is -2.03. The molecule has 0 atom stereocenters. The molecule has 2 nitrogen and oxygen atoms in total.